The minimum atomic E-state index is -3.00. The van der Waals surface area contributed by atoms with Gasteiger partial charge in [0.15, 0.2) is 15.6 Å². The topological polar surface area (TPSA) is 106 Å². The standard InChI is InChI=1S/C15H21N5O4S/c1-19(2)13-5-4-11(24-3)14-17-15(18-20(13)14)16-12(21)8-10-6-7-25(22,23)9-10/h4-5,10H,6-9H2,1-3H3,(H,16,18,21). The number of hydrogen-bond donors (Lipinski definition) is 1. The predicted molar refractivity (Wildman–Crippen MR) is 93.9 cm³/mol. The highest BCUT2D eigenvalue weighted by molar-refractivity contribution is 7.91. The molecule has 0 aliphatic carbocycles. The van der Waals surface area contributed by atoms with Gasteiger partial charge in [-0.05, 0) is 24.5 Å². The van der Waals surface area contributed by atoms with E-state index in [1.165, 1.54) is 7.11 Å². The van der Waals surface area contributed by atoms with Crippen LogP contribution in [-0.2, 0) is 14.6 Å². The molecule has 1 unspecified atom stereocenters. The van der Waals surface area contributed by atoms with Gasteiger partial charge in [0.2, 0.25) is 17.5 Å². The van der Waals surface area contributed by atoms with E-state index < -0.39 is 9.84 Å². The minimum absolute atomic E-state index is 0.0671. The van der Waals surface area contributed by atoms with E-state index in [1.54, 1.807) is 10.6 Å². The van der Waals surface area contributed by atoms with Crippen LogP contribution >= 0.6 is 0 Å². The summed E-state index contributed by atoms with van der Waals surface area (Å²) in [4.78, 5) is 18.4. The molecule has 1 saturated heterocycles. The van der Waals surface area contributed by atoms with Crippen LogP contribution in [0.3, 0.4) is 0 Å². The number of rotatable bonds is 5. The lowest BCUT2D eigenvalue weighted by molar-refractivity contribution is -0.116. The molecular weight excluding hydrogens is 346 g/mol. The summed E-state index contributed by atoms with van der Waals surface area (Å²) < 4.78 is 29.9. The number of amides is 1. The Morgan fingerprint density at radius 1 is 1.44 bits per heavy atom. The van der Waals surface area contributed by atoms with E-state index >= 15 is 0 Å². The third kappa shape index (κ3) is 3.68. The SMILES string of the molecule is COc1ccc(N(C)C)n2nc(NC(=O)CC3CCS(=O)(=O)C3)nc12. The van der Waals surface area contributed by atoms with Crippen molar-refractivity contribution in [1.29, 1.82) is 0 Å². The first-order valence-electron chi connectivity index (χ1n) is 7.90. The van der Waals surface area contributed by atoms with Crippen molar-refractivity contribution in [2.75, 3.05) is 42.9 Å². The van der Waals surface area contributed by atoms with Gasteiger partial charge in [0.1, 0.15) is 5.82 Å². The summed E-state index contributed by atoms with van der Waals surface area (Å²) >= 11 is 0. The van der Waals surface area contributed by atoms with Gasteiger partial charge in [-0.15, -0.1) is 5.10 Å². The van der Waals surface area contributed by atoms with Crippen LogP contribution in [0, 0.1) is 5.92 Å². The molecular formula is C15H21N5O4S. The Morgan fingerprint density at radius 2 is 2.20 bits per heavy atom. The Balaban J connectivity index is 1.80. The van der Waals surface area contributed by atoms with Crippen molar-refractivity contribution >= 4 is 33.2 Å². The molecule has 0 aromatic carbocycles. The Labute approximate surface area is 145 Å². The van der Waals surface area contributed by atoms with Crippen molar-refractivity contribution in [3.8, 4) is 5.75 Å². The van der Waals surface area contributed by atoms with Crippen molar-refractivity contribution in [2.24, 2.45) is 5.92 Å². The number of hydrogen-bond acceptors (Lipinski definition) is 7. The molecule has 2 aromatic rings. The van der Waals surface area contributed by atoms with E-state index in [4.69, 9.17) is 4.74 Å². The highest BCUT2D eigenvalue weighted by Crippen LogP contribution is 2.25. The largest absolute Gasteiger partial charge is 0.493 e. The molecule has 2 aromatic heterocycles. The van der Waals surface area contributed by atoms with E-state index in [-0.39, 0.29) is 35.7 Å². The highest BCUT2D eigenvalue weighted by Gasteiger charge is 2.29. The normalized spacial score (nSPS) is 19.1. The second-order valence-corrected chi connectivity index (χ2v) is 8.58. The number of anilines is 2. The molecule has 25 heavy (non-hydrogen) atoms. The number of sulfone groups is 1. The summed E-state index contributed by atoms with van der Waals surface area (Å²) in [6.45, 7) is 0. The number of pyridine rings is 1. The van der Waals surface area contributed by atoms with Gasteiger partial charge in [-0.2, -0.15) is 9.50 Å². The molecule has 0 spiro atoms. The molecule has 1 fully saturated rings. The summed E-state index contributed by atoms with van der Waals surface area (Å²) in [7, 11) is 2.30. The fourth-order valence-electron chi connectivity index (χ4n) is 2.95. The molecule has 3 heterocycles. The summed E-state index contributed by atoms with van der Waals surface area (Å²) in [5.74, 6) is 1.28. The molecule has 3 rings (SSSR count). The molecule has 136 valence electrons. The van der Waals surface area contributed by atoms with E-state index in [2.05, 4.69) is 15.4 Å². The van der Waals surface area contributed by atoms with Gasteiger partial charge in [0.25, 0.3) is 0 Å². The van der Waals surface area contributed by atoms with Crippen molar-refractivity contribution in [1.82, 2.24) is 14.6 Å². The molecule has 1 N–H and O–H groups in total. The van der Waals surface area contributed by atoms with Gasteiger partial charge >= 0.3 is 0 Å². The molecule has 10 heteroatoms. The Kier molecular flexibility index (Phi) is 4.55. The average molecular weight is 367 g/mol. The van der Waals surface area contributed by atoms with Crippen LogP contribution in [0.15, 0.2) is 12.1 Å². The number of fused-ring (bicyclic) bond motifs is 1. The molecule has 0 saturated carbocycles. The Hall–Kier alpha value is -2.36. The van der Waals surface area contributed by atoms with Gasteiger partial charge in [0.05, 0.1) is 18.6 Å². The van der Waals surface area contributed by atoms with Crippen LogP contribution < -0.4 is 15.0 Å². The van der Waals surface area contributed by atoms with Crippen molar-refractivity contribution in [3.63, 3.8) is 0 Å². The quantitative estimate of drug-likeness (QED) is 0.823. The number of methoxy groups -OCH3 is 1. The Bertz CT molecular complexity index is 906. The lowest BCUT2D eigenvalue weighted by Crippen LogP contribution is -2.18. The number of ether oxygens (including phenoxy) is 1. The fourth-order valence-corrected chi connectivity index (χ4v) is 4.81. The van der Waals surface area contributed by atoms with Gasteiger partial charge in [0, 0.05) is 20.5 Å². The molecule has 0 bridgehead atoms. The minimum Gasteiger partial charge on any atom is -0.493 e. The zero-order valence-corrected chi connectivity index (χ0v) is 15.2. The second-order valence-electron chi connectivity index (χ2n) is 6.35. The summed E-state index contributed by atoms with van der Waals surface area (Å²) in [6.07, 6.45) is 0.666. The number of nitrogens with zero attached hydrogens (tertiary/aromatic N) is 4. The lowest BCUT2D eigenvalue weighted by Gasteiger charge is -2.14. The van der Waals surface area contributed by atoms with E-state index in [0.717, 1.165) is 5.82 Å². The van der Waals surface area contributed by atoms with Crippen LogP contribution in [0.5, 0.6) is 5.75 Å². The lowest BCUT2D eigenvalue weighted by atomic mass is 10.1. The van der Waals surface area contributed by atoms with Gasteiger partial charge < -0.3 is 9.64 Å². The molecule has 1 aliphatic rings. The third-order valence-electron chi connectivity index (χ3n) is 4.16. The maximum atomic E-state index is 12.2. The third-order valence-corrected chi connectivity index (χ3v) is 6.00. The van der Waals surface area contributed by atoms with Crippen LogP contribution in [0.25, 0.3) is 5.65 Å². The highest BCUT2D eigenvalue weighted by atomic mass is 32.2. The van der Waals surface area contributed by atoms with E-state index in [0.29, 0.717) is 17.8 Å². The smallest absolute Gasteiger partial charge is 0.249 e. The monoisotopic (exact) mass is 367 g/mol. The zero-order chi connectivity index (χ0) is 18.2. The summed E-state index contributed by atoms with van der Waals surface area (Å²) in [6, 6.07) is 3.63. The average Bonchev–Trinajstić information content (AvgIpc) is 3.08. The summed E-state index contributed by atoms with van der Waals surface area (Å²) in [5.41, 5.74) is 0.493. The first-order valence-corrected chi connectivity index (χ1v) is 9.72. The van der Waals surface area contributed by atoms with Crippen molar-refractivity contribution in [3.05, 3.63) is 12.1 Å². The van der Waals surface area contributed by atoms with Crippen LogP contribution in [0.1, 0.15) is 12.8 Å². The molecule has 9 nitrogen and oxygen atoms in total. The maximum absolute atomic E-state index is 12.2. The molecule has 1 aliphatic heterocycles. The molecule has 1 amide bonds. The van der Waals surface area contributed by atoms with Crippen LogP contribution in [-0.4, -0.2) is 61.6 Å². The van der Waals surface area contributed by atoms with E-state index in [9.17, 15) is 13.2 Å². The molecule has 0 radical (unpaired) electrons. The van der Waals surface area contributed by atoms with Crippen molar-refractivity contribution in [2.45, 2.75) is 12.8 Å². The predicted octanol–water partition coefficient (Wildman–Crippen LogP) is 0.567. The van der Waals surface area contributed by atoms with Crippen LogP contribution in [0.2, 0.25) is 0 Å². The first kappa shape index (κ1) is 17.5. The van der Waals surface area contributed by atoms with Gasteiger partial charge in [-0.25, -0.2) is 8.42 Å². The fraction of sp³-hybridized carbons (Fsp3) is 0.533. The van der Waals surface area contributed by atoms with Gasteiger partial charge in [-0.1, -0.05) is 0 Å². The number of aromatic nitrogens is 3. The second kappa shape index (κ2) is 6.51. The van der Waals surface area contributed by atoms with Crippen molar-refractivity contribution < 1.29 is 17.9 Å². The number of carbonyl (C=O) groups excluding carboxylic acids is 1. The molecule has 1 atom stereocenters. The Morgan fingerprint density at radius 3 is 2.80 bits per heavy atom. The number of carbonyl (C=O) groups is 1. The van der Waals surface area contributed by atoms with E-state index in [1.807, 2.05) is 25.1 Å². The first-order chi connectivity index (χ1) is 11.8. The van der Waals surface area contributed by atoms with Gasteiger partial charge in [-0.3, -0.25) is 10.1 Å². The number of nitrogens with one attached hydrogen (secondary N) is 1. The summed E-state index contributed by atoms with van der Waals surface area (Å²) in [5, 5.41) is 6.97. The zero-order valence-electron chi connectivity index (χ0n) is 14.4. The maximum Gasteiger partial charge on any atom is 0.249 e. The van der Waals surface area contributed by atoms with Crippen LogP contribution in [0.4, 0.5) is 11.8 Å².